The summed E-state index contributed by atoms with van der Waals surface area (Å²) in [6.45, 7) is 5.27. The highest BCUT2D eigenvalue weighted by molar-refractivity contribution is 5.75. The molecule has 1 atom stereocenters. The van der Waals surface area contributed by atoms with Crippen LogP contribution in [0.2, 0.25) is 0 Å². The first-order chi connectivity index (χ1) is 8.27. The van der Waals surface area contributed by atoms with Gasteiger partial charge in [0.2, 0.25) is 0 Å². The fraction of sp³-hybridized carbons (Fsp3) is 0.500. The van der Waals surface area contributed by atoms with E-state index in [4.69, 9.17) is 10.5 Å². The molecular formula is C14H20FNO2. The Labute approximate surface area is 107 Å². The molecule has 0 aliphatic heterocycles. The lowest BCUT2D eigenvalue weighted by Gasteiger charge is -2.25. The van der Waals surface area contributed by atoms with Gasteiger partial charge in [-0.15, -0.1) is 0 Å². The first-order valence-electron chi connectivity index (χ1n) is 5.88. The number of halogens is 1. The van der Waals surface area contributed by atoms with Gasteiger partial charge in [-0.2, -0.15) is 0 Å². The molecule has 2 N–H and O–H groups in total. The van der Waals surface area contributed by atoms with Crippen LogP contribution in [0, 0.1) is 18.2 Å². The van der Waals surface area contributed by atoms with Gasteiger partial charge in [0, 0.05) is 6.04 Å². The number of carbonyl (C=O) groups excluding carboxylic acids is 1. The summed E-state index contributed by atoms with van der Waals surface area (Å²) in [6, 6.07) is 4.45. The van der Waals surface area contributed by atoms with Gasteiger partial charge in [0.15, 0.2) is 0 Å². The number of hydrogen-bond donors (Lipinski definition) is 1. The monoisotopic (exact) mass is 253 g/mol. The highest BCUT2D eigenvalue weighted by atomic mass is 19.1. The van der Waals surface area contributed by atoms with E-state index in [0.717, 1.165) is 5.56 Å². The second kappa shape index (κ2) is 5.48. The van der Waals surface area contributed by atoms with Crippen molar-refractivity contribution in [2.75, 3.05) is 7.11 Å². The van der Waals surface area contributed by atoms with Gasteiger partial charge in [-0.1, -0.05) is 12.1 Å². The van der Waals surface area contributed by atoms with Gasteiger partial charge in [-0.3, -0.25) is 4.79 Å². The molecule has 0 aliphatic carbocycles. The maximum atomic E-state index is 13.2. The van der Waals surface area contributed by atoms with Crippen LogP contribution in [0.4, 0.5) is 4.39 Å². The van der Waals surface area contributed by atoms with Crippen molar-refractivity contribution < 1.29 is 13.9 Å². The SMILES string of the molecule is COC(=O)C(C)(C)CC(N)c1ccc(F)c(C)c1. The van der Waals surface area contributed by atoms with E-state index in [2.05, 4.69) is 0 Å². The molecule has 100 valence electrons. The van der Waals surface area contributed by atoms with Crippen molar-refractivity contribution in [2.24, 2.45) is 11.1 Å². The van der Waals surface area contributed by atoms with Crippen LogP contribution >= 0.6 is 0 Å². The van der Waals surface area contributed by atoms with Crippen molar-refractivity contribution in [1.29, 1.82) is 0 Å². The van der Waals surface area contributed by atoms with Gasteiger partial charge in [0.25, 0.3) is 0 Å². The summed E-state index contributed by atoms with van der Waals surface area (Å²) in [4.78, 5) is 11.6. The maximum Gasteiger partial charge on any atom is 0.311 e. The molecule has 18 heavy (non-hydrogen) atoms. The number of benzene rings is 1. The molecule has 0 amide bonds. The van der Waals surface area contributed by atoms with Crippen molar-refractivity contribution in [1.82, 2.24) is 0 Å². The lowest BCUT2D eigenvalue weighted by atomic mass is 9.83. The summed E-state index contributed by atoms with van der Waals surface area (Å²) >= 11 is 0. The molecule has 0 radical (unpaired) electrons. The first-order valence-corrected chi connectivity index (χ1v) is 5.88. The van der Waals surface area contributed by atoms with Crippen LogP contribution < -0.4 is 5.73 Å². The van der Waals surface area contributed by atoms with Crippen LogP contribution in [-0.4, -0.2) is 13.1 Å². The summed E-state index contributed by atoms with van der Waals surface area (Å²) in [6.07, 6.45) is 0.449. The second-order valence-corrected chi connectivity index (χ2v) is 5.19. The first kappa shape index (κ1) is 14.6. The Kier molecular flexibility index (Phi) is 4.46. The quantitative estimate of drug-likeness (QED) is 0.839. The lowest BCUT2D eigenvalue weighted by Crippen LogP contribution is -2.30. The Morgan fingerprint density at radius 1 is 1.50 bits per heavy atom. The summed E-state index contributed by atoms with van der Waals surface area (Å²) in [5.41, 5.74) is 6.79. The minimum absolute atomic E-state index is 0.252. The third-order valence-corrected chi connectivity index (χ3v) is 3.08. The predicted octanol–water partition coefficient (Wildman–Crippen LogP) is 2.72. The Morgan fingerprint density at radius 2 is 2.11 bits per heavy atom. The number of hydrogen-bond acceptors (Lipinski definition) is 3. The van der Waals surface area contributed by atoms with Crippen LogP contribution in [-0.2, 0) is 9.53 Å². The zero-order valence-corrected chi connectivity index (χ0v) is 11.3. The molecule has 0 aromatic heterocycles. The number of esters is 1. The third kappa shape index (κ3) is 3.29. The molecule has 1 aromatic carbocycles. The fourth-order valence-electron chi connectivity index (χ4n) is 1.93. The zero-order chi connectivity index (χ0) is 13.9. The molecule has 1 rings (SSSR count). The van der Waals surface area contributed by atoms with Crippen molar-refractivity contribution in [3.63, 3.8) is 0 Å². The van der Waals surface area contributed by atoms with Crippen molar-refractivity contribution in [3.8, 4) is 0 Å². The molecule has 3 nitrogen and oxygen atoms in total. The van der Waals surface area contributed by atoms with Gasteiger partial charge < -0.3 is 10.5 Å². The zero-order valence-electron chi connectivity index (χ0n) is 11.3. The number of carbonyl (C=O) groups is 1. The average molecular weight is 253 g/mol. The molecule has 0 fully saturated rings. The fourth-order valence-corrected chi connectivity index (χ4v) is 1.93. The van der Waals surface area contributed by atoms with E-state index in [0.29, 0.717) is 12.0 Å². The normalized spacial score (nSPS) is 13.2. The van der Waals surface area contributed by atoms with Gasteiger partial charge in [-0.25, -0.2) is 4.39 Å². The minimum Gasteiger partial charge on any atom is -0.469 e. The molecule has 1 aromatic rings. The molecule has 0 heterocycles. The second-order valence-electron chi connectivity index (χ2n) is 5.19. The predicted molar refractivity (Wildman–Crippen MR) is 68.5 cm³/mol. The maximum absolute atomic E-state index is 13.2. The Hall–Kier alpha value is -1.42. The molecule has 0 spiro atoms. The molecule has 1 unspecified atom stereocenters. The van der Waals surface area contributed by atoms with Crippen LogP contribution in [0.1, 0.15) is 37.4 Å². The molecule has 0 saturated carbocycles. The van der Waals surface area contributed by atoms with Crippen LogP contribution in [0.5, 0.6) is 0 Å². The molecule has 0 saturated heterocycles. The van der Waals surface area contributed by atoms with E-state index in [-0.39, 0.29) is 17.8 Å². The number of nitrogens with two attached hydrogens (primary N) is 1. The summed E-state index contributed by atoms with van der Waals surface area (Å²) in [5, 5.41) is 0. The number of methoxy groups -OCH3 is 1. The van der Waals surface area contributed by atoms with Crippen LogP contribution in [0.25, 0.3) is 0 Å². The van der Waals surface area contributed by atoms with Gasteiger partial charge in [-0.05, 0) is 44.4 Å². The van der Waals surface area contributed by atoms with E-state index >= 15 is 0 Å². The van der Waals surface area contributed by atoms with E-state index in [1.165, 1.54) is 13.2 Å². The number of aryl methyl sites for hydroxylation is 1. The van der Waals surface area contributed by atoms with E-state index in [9.17, 15) is 9.18 Å². The van der Waals surface area contributed by atoms with E-state index in [1.807, 2.05) is 0 Å². The third-order valence-electron chi connectivity index (χ3n) is 3.08. The minimum atomic E-state index is -0.656. The van der Waals surface area contributed by atoms with E-state index < -0.39 is 5.41 Å². The largest absolute Gasteiger partial charge is 0.469 e. The molecule has 0 bridgehead atoms. The summed E-state index contributed by atoms with van der Waals surface area (Å²) in [5.74, 6) is -0.546. The summed E-state index contributed by atoms with van der Waals surface area (Å²) in [7, 11) is 1.36. The van der Waals surface area contributed by atoms with Crippen LogP contribution in [0.3, 0.4) is 0 Å². The smallest absolute Gasteiger partial charge is 0.311 e. The van der Waals surface area contributed by atoms with Gasteiger partial charge in [0.1, 0.15) is 5.82 Å². The number of ether oxygens (including phenoxy) is 1. The lowest BCUT2D eigenvalue weighted by molar-refractivity contribution is -0.151. The van der Waals surface area contributed by atoms with Gasteiger partial charge in [0.05, 0.1) is 12.5 Å². The topological polar surface area (TPSA) is 52.3 Å². The number of rotatable bonds is 4. The highest BCUT2D eigenvalue weighted by Gasteiger charge is 2.31. The molecular weight excluding hydrogens is 233 g/mol. The van der Waals surface area contributed by atoms with E-state index in [1.54, 1.807) is 32.9 Å². The summed E-state index contributed by atoms with van der Waals surface area (Å²) < 4.78 is 17.9. The molecule has 4 heteroatoms. The highest BCUT2D eigenvalue weighted by Crippen LogP contribution is 2.30. The Balaban J connectivity index is 2.85. The van der Waals surface area contributed by atoms with Crippen molar-refractivity contribution in [3.05, 3.63) is 35.1 Å². The van der Waals surface area contributed by atoms with Crippen molar-refractivity contribution >= 4 is 5.97 Å². The Bertz CT molecular complexity index is 443. The average Bonchev–Trinajstić information content (AvgIpc) is 2.30. The van der Waals surface area contributed by atoms with Crippen LogP contribution in [0.15, 0.2) is 18.2 Å². The van der Waals surface area contributed by atoms with Gasteiger partial charge >= 0.3 is 5.97 Å². The Morgan fingerprint density at radius 3 is 2.61 bits per heavy atom. The molecule has 0 aliphatic rings. The standard InChI is InChI=1S/C14H20FNO2/c1-9-7-10(5-6-11(9)15)12(16)8-14(2,3)13(17)18-4/h5-7,12H,8,16H2,1-4H3. The van der Waals surface area contributed by atoms with Crippen molar-refractivity contribution in [2.45, 2.75) is 33.2 Å².